The lowest BCUT2D eigenvalue weighted by Gasteiger charge is -2.43. The van der Waals surface area contributed by atoms with Crippen molar-refractivity contribution in [2.24, 2.45) is 7.05 Å². The van der Waals surface area contributed by atoms with Gasteiger partial charge in [0.05, 0.1) is 17.9 Å². The van der Waals surface area contributed by atoms with Crippen molar-refractivity contribution in [1.29, 1.82) is 0 Å². The second-order valence-electron chi connectivity index (χ2n) is 6.48. The van der Waals surface area contributed by atoms with Gasteiger partial charge in [-0.2, -0.15) is 0 Å². The smallest absolute Gasteiger partial charge is 0.296 e. The Bertz CT molecular complexity index is 784. The Morgan fingerprint density at radius 2 is 2.04 bits per heavy atom. The second-order valence-corrected chi connectivity index (χ2v) is 7.48. The van der Waals surface area contributed by atoms with Gasteiger partial charge in [-0.25, -0.2) is 0 Å². The molecule has 24 heavy (non-hydrogen) atoms. The normalized spacial score (nSPS) is 19.3. The summed E-state index contributed by atoms with van der Waals surface area (Å²) in [6.07, 6.45) is 4.26. The lowest BCUT2D eigenvalue weighted by Crippen LogP contribution is -2.49. The molecule has 5 nitrogen and oxygen atoms in total. The number of rotatable bonds is 2. The van der Waals surface area contributed by atoms with E-state index in [1.54, 1.807) is 46.2 Å². The molecule has 2 aromatic heterocycles. The van der Waals surface area contributed by atoms with E-state index < -0.39 is 11.7 Å². The van der Waals surface area contributed by atoms with E-state index >= 15 is 0 Å². The fourth-order valence-corrected chi connectivity index (χ4v) is 4.74. The molecule has 0 bridgehead atoms. The topological polar surface area (TPSA) is 51.5 Å². The number of carbonyl (C=O) groups is 2. The SMILES string of the molecule is Cn1cccc1C(=O)C(=O)N1CCC2(CC1)OCCc1sccc12. The number of aromatic nitrogens is 1. The van der Waals surface area contributed by atoms with Crippen molar-refractivity contribution in [2.75, 3.05) is 19.7 Å². The zero-order valence-electron chi connectivity index (χ0n) is 13.7. The van der Waals surface area contributed by atoms with E-state index in [0.29, 0.717) is 18.8 Å². The van der Waals surface area contributed by atoms with Crippen molar-refractivity contribution in [2.45, 2.75) is 24.9 Å². The van der Waals surface area contributed by atoms with Crippen LogP contribution < -0.4 is 0 Å². The number of likely N-dealkylation sites (tertiary alicyclic amines) is 1. The van der Waals surface area contributed by atoms with Crippen LogP contribution in [-0.4, -0.2) is 40.9 Å². The highest BCUT2D eigenvalue weighted by atomic mass is 32.1. The van der Waals surface area contributed by atoms with E-state index in [0.717, 1.165) is 25.9 Å². The Morgan fingerprint density at radius 1 is 1.25 bits per heavy atom. The van der Waals surface area contributed by atoms with Crippen LogP contribution >= 0.6 is 11.3 Å². The minimum Gasteiger partial charge on any atom is -0.370 e. The van der Waals surface area contributed by atoms with Gasteiger partial charge in [-0.15, -0.1) is 11.3 Å². The molecule has 4 rings (SSSR count). The molecule has 0 saturated carbocycles. The highest BCUT2D eigenvalue weighted by Crippen LogP contribution is 2.43. The van der Waals surface area contributed by atoms with Crippen molar-refractivity contribution < 1.29 is 14.3 Å². The molecule has 2 aliphatic rings. The van der Waals surface area contributed by atoms with Crippen LogP contribution in [-0.2, 0) is 28.6 Å². The molecule has 0 N–H and O–H groups in total. The van der Waals surface area contributed by atoms with Gasteiger partial charge in [0.2, 0.25) is 0 Å². The molecule has 4 heterocycles. The first-order valence-corrected chi connectivity index (χ1v) is 9.14. The molecule has 1 amide bonds. The molecule has 0 atom stereocenters. The zero-order chi connectivity index (χ0) is 16.7. The van der Waals surface area contributed by atoms with Gasteiger partial charge in [-0.05, 0) is 42.0 Å². The summed E-state index contributed by atoms with van der Waals surface area (Å²) in [6, 6.07) is 5.62. The van der Waals surface area contributed by atoms with Crippen LogP contribution in [0.2, 0.25) is 0 Å². The number of piperidine rings is 1. The lowest BCUT2D eigenvalue weighted by molar-refractivity contribution is -0.136. The molecule has 0 radical (unpaired) electrons. The third kappa shape index (κ3) is 2.41. The Labute approximate surface area is 144 Å². The van der Waals surface area contributed by atoms with E-state index in [2.05, 4.69) is 11.4 Å². The summed E-state index contributed by atoms with van der Waals surface area (Å²) in [5, 5.41) is 2.12. The van der Waals surface area contributed by atoms with Gasteiger partial charge >= 0.3 is 0 Å². The number of aryl methyl sites for hydroxylation is 1. The molecule has 1 saturated heterocycles. The molecular weight excluding hydrogens is 324 g/mol. The highest BCUT2D eigenvalue weighted by Gasteiger charge is 2.43. The number of hydrogen-bond donors (Lipinski definition) is 0. The van der Waals surface area contributed by atoms with Gasteiger partial charge in [-0.3, -0.25) is 9.59 Å². The fourth-order valence-electron chi connectivity index (χ4n) is 3.79. The summed E-state index contributed by atoms with van der Waals surface area (Å²) in [7, 11) is 1.78. The molecule has 0 aliphatic carbocycles. The average molecular weight is 344 g/mol. The van der Waals surface area contributed by atoms with Gasteiger partial charge in [0.15, 0.2) is 0 Å². The maximum Gasteiger partial charge on any atom is 0.296 e. The summed E-state index contributed by atoms with van der Waals surface area (Å²) in [4.78, 5) is 28.0. The number of Topliss-reactive ketones (excluding diaryl/α,β-unsaturated/α-hetero) is 1. The minimum atomic E-state index is -0.431. The van der Waals surface area contributed by atoms with Crippen molar-refractivity contribution in [3.05, 3.63) is 45.9 Å². The van der Waals surface area contributed by atoms with Crippen LogP contribution in [0.4, 0.5) is 0 Å². The van der Waals surface area contributed by atoms with E-state index in [1.165, 1.54) is 10.4 Å². The Kier molecular flexibility index (Phi) is 3.81. The number of hydrogen-bond acceptors (Lipinski definition) is 4. The first kappa shape index (κ1) is 15.6. The molecule has 1 fully saturated rings. The van der Waals surface area contributed by atoms with E-state index in [4.69, 9.17) is 4.74 Å². The van der Waals surface area contributed by atoms with Gasteiger partial charge in [0.25, 0.3) is 11.7 Å². The number of nitrogens with zero attached hydrogens (tertiary/aromatic N) is 2. The van der Waals surface area contributed by atoms with Crippen molar-refractivity contribution in [3.63, 3.8) is 0 Å². The maximum absolute atomic E-state index is 12.5. The largest absolute Gasteiger partial charge is 0.370 e. The molecule has 1 spiro atoms. The summed E-state index contributed by atoms with van der Waals surface area (Å²) in [6.45, 7) is 1.86. The van der Waals surface area contributed by atoms with Crippen LogP contribution in [0.25, 0.3) is 0 Å². The average Bonchev–Trinajstić information content (AvgIpc) is 3.24. The van der Waals surface area contributed by atoms with Crippen molar-refractivity contribution >= 4 is 23.0 Å². The molecule has 6 heteroatoms. The standard InChI is InChI=1S/C18H20N2O3S/c1-19-8-2-3-14(19)16(21)17(22)20-9-6-18(7-10-20)13-5-12-24-15(13)4-11-23-18/h2-3,5,8,12H,4,6-7,9-11H2,1H3. The molecule has 2 aromatic rings. The van der Waals surface area contributed by atoms with Crippen LogP contribution in [0.3, 0.4) is 0 Å². The second kappa shape index (κ2) is 5.86. The number of amides is 1. The lowest BCUT2D eigenvalue weighted by atomic mass is 9.82. The number of carbonyl (C=O) groups excluding carboxylic acids is 2. The summed E-state index contributed by atoms with van der Waals surface area (Å²) in [5.74, 6) is -0.841. The van der Waals surface area contributed by atoms with Crippen molar-refractivity contribution in [1.82, 2.24) is 9.47 Å². The quantitative estimate of drug-likeness (QED) is 0.621. The van der Waals surface area contributed by atoms with Gasteiger partial charge in [0, 0.05) is 37.6 Å². The minimum absolute atomic E-state index is 0.265. The monoisotopic (exact) mass is 344 g/mol. The van der Waals surface area contributed by atoms with Crippen LogP contribution in [0.15, 0.2) is 29.8 Å². The number of fused-ring (bicyclic) bond motifs is 2. The number of ketones is 1. The Morgan fingerprint density at radius 3 is 2.75 bits per heavy atom. The van der Waals surface area contributed by atoms with Crippen LogP contribution in [0.1, 0.15) is 33.8 Å². The predicted molar refractivity (Wildman–Crippen MR) is 91.2 cm³/mol. The summed E-state index contributed by atoms with van der Waals surface area (Å²) in [5.41, 5.74) is 1.47. The molecule has 126 valence electrons. The Balaban J connectivity index is 1.48. The summed E-state index contributed by atoms with van der Waals surface area (Å²) < 4.78 is 7.84. The van der Waals surface area contributed by atoms with Gasteiger partial charge in [-0.1, -0.05) is 0 Å². The number of ether oxygens (including phenoxy) is 1. The molecule has 0 aromatic carbocycles. The van der Waals surface area contributed by atoms with Gasteiger partial charge < -0.3 is 14.2 Å². The highest BCUT2D eigenvalue weighted by molar-refractivity contribution is 7.10. The fraction of sp³-hybridized carbons (Fsp3) is 0.444. The van der Waals surface area contributed by atoms with E-state index in [1.807, 2.05) is 0 Å². The van der Waals surface area contributed by atoms with E-state index in [-0.39, 0.29) is 5.60 Å². The molecular formula is C18H20N2O3S. The zero-order valence-corrected chi connectivity index (χ0v) is 14.5. The maximum atomic E-state index is 12.5. The molecule has 2 aliphatic heterocycles. The van der Waals surface area contributed by atoms with E-state index in [9.17, 15) is 9.59 Å². The predicted octanol–water partition coefficient (Wildman–Crippen LogP) is 2.36. The first-order valence-electron chi connectivity index (χ1n) is 8.26. The Hall–Kier alpha value is -1.92. The number of thiophene rings is 1. The van der Waals surface area contributed by atoms with Crippen LogP contribution in [0, 0.1) is 0 Å². The van der Waals surface area contributed by atoms with Gasteiger partial charge in [0.1, 0.15) is 0 Å². The van der Waals surface area contributed by atoms with Crippen molar-refractivity contribution in [3.8, 4) is 0 Å². The molecule has 0 unspecified atom stereocenters. The third-order valence-electron chi connectivity index (χ3n) is 5.17. The van der Waals surface area contributed by atoms with Crippen LogP contribution in [0.5, 0.6) is 0 Å². The first-order chi connectivity index (χ1) is 11.6. The third-order valence-corrected chi connectivity index (χ3v) is 6.15. The summed E-state index contributed by atoms with van der Waals surface area (Å²) >= 11 is 1.79.